The number of hydrogen-bond donors (Lipinski definition) is 2. The third kappa shape index (κ3) is 3.50. The number of nitrogens with one attached hydrogen (secondary N) is 1. The van der Waals surface area contributed by atoms with E-state index in [2.05, 4.69) is 51.2 Å². The summed E-state index contributed by atoms with van der Waals surface area (Å²) in [5.74, 6) is 1.14. The highest BCUT2D eigenvalue weighted by molar-refractivity contribution is 5.55. The number of nitrogens with two attached hydrogens (primary N) is 1. The van der Waals surface area contributed by atoms with E-state index in [9.17, 15) is 0 Å². The molecular formula is C17H28N2. The van der Waals surface area contributed by atoms with E-state index < -0.39 is 0 Å². The van der Waals surface area contributed by atoms with Crippen LogP contribution in [-0.4, -0.2) is 12.1 Å². The van der Waals surface area contributed by atoms with Gasteiger partial charge < -0.3 is 11.1 Å². The standard InChI is InChI=1S/C17H28N2/c1-11(2)13-5-8-17(16(9-13)12(3)4)19-15-7-6-14(18)10-15/h5,8-9,11-12,14-15,19H,6-7,10,18H2,1-4H3. The minimum Gasteiger partial charge on any atom is -0.382 e. The molecule has 0 heterocycles. The lowest BCUT2D eigenvalue weighted by Crippen LogP contribution is -2.21. The van der Waals surface area contributed by atoms with E-state index in [1.807, 2.05) is 0 Å². The zero-order chi connectivity index (χ0) is 14.0. The third-order valence-corrected chi connectivity index (χ3v) is 4.20. The predicted molar refractivity (Wildman–Crippen MR) is 83.9 cm³/mol. The lowest BCUT2D eigenvalue weighted by atomic mass is 9.94. The molecule has 2 nitrogen and oxygen atoms in total. The second kappa shape index (κ2) is 5.96. The Morgan fingerprint density at radius 2 is 1.84 bits per heavy atom. The normalized spacial score (nSPS) is 23.3. The molecule has 0 aromatic heterocycles. The van der Waals surface area contributed by atoms with Crippen molar-refractivity contribution in [2.45, 2.75) is 70.9 Å². The molecule has 1 aliphatic carbocycles. The first-order valence-electron chi connectivity index (χ1n) is 7.63. The fourth-order valence-electron chi connectivity index (χ4n) is 2.92. The molecule has 2 heteroatoms. The molecule has 106 valence electrons. The van der Waals surface area contributed by atoms with Crippen molar-refractivity contribution < 1.29 is 0 Å². The first kappa shape index (κ1) is 14.4. The highest BCUT2D eigenvalue weighted by Gasteiger charge is 2.22. The lowest BCUT2D eigenvalue weighted by Gasteiger charge is -2.21. The summed E-state index contributed by atoms with van der Waals surface area (Å²) in [6.45, 7) is 9.04. The average Bonchev–Trinajstić information content (AvgIpc) is 2.74. The highest BCUT2D eigenvalue weighted by Crippen LogP contribution is 2.31. The van der Waals surface area contributed by atoms with Gasteiger partial charge in [0.2, 0.25) is 0 Å². The Kier molecular flexibility index (Phi) is 4.51. The molecule has 1 aliphatic rings. The Hall–Kier alpha value is -1.02. The van der Waals surface area contributed by atoms with E-state index in [4.69, 9.17) is 5.73 Å². The summed E-state index contributed by atoms with van der Waals surface area (Å²) in [6, 6.07) is 7.82. The van der Waals surface area contributed by atoms with Crippen LogP contribution in [-0.2, 0) is 0 Å². The lowest BCUT2D eigenvalue weighted by molar-refractivity contribution is 0.686. The Balaban J connectivity index is 2.19. The third-order valence-electron chi connectivity index (χ3n) is 4.20. The van der Waals surface area contributed by atoms with Gasteiger partial charge in [0.05, 0.1) is 0 Å². The predicted octanol–water partition coefficient (Wildman–Crippen LogP) is 4.23. The fourth-order valence-corrected chi connectivity index (χ4v) is 2.92. The van der Waals surface area contributed by atoms with Crippen molar-refractivity contribution in [2.24, 2.45) is 5.73 Å². The Morgan fingerprint density at radius 1 is 1.11 bits per heavy atom. The SMILES string of the molecule is CC(C)c1ccc(NC2CCC(N)C2)c(C(C)C)c1. The minimum absolute atomic E-state index is 0.384. The van der Waals surface area contributed by atoms with E-state index in [0.29, 0.717) is 23.9 Å². The van der Waals surface area contributed by atoms with Gasteiger partial charge in [-0.15, -0.1) is 0 Å². The van der Waals surface area contributed by atoms with Crippen LogP contribution in [0.3, 0.4) is 0 Å². The molecule has 0 aliphatic heterocycles. The summed E-state index contributed by atoms with van der Waals surface area (Å²) >= 11 is 0. The van der Waals surface area contributed by atoms with Crippen molar-refractivity contribution in [3.63, 3.8) is 0 Å². The maximum absolute atomic E-state index is 6.00. The van der Waals surface area contributed by atoms with E-state index in [1.54, 1.807) is 0 Å². The van der Waals surface area contributed by atoms with Crippen molar-refractivity contribution in [1.82, 2.24) is 0 Å². The van der Waals surface area contributed by atoms with Gasteiger partial charge >= 0.3 is 0 Å². The largest absolute Gasteiger partial charge is 0.382 e. The number of rotatable bonds is 4. The second-order valence-corrected chi connectivity index (χ2v) is 6.57. The Labute approximate surface area is 117 Å². The fraction of sp³-hybridized carbons (Fsp3) is 0.647. The molecule has 0 saturated heterocycles. The molecule has 0 radical (unpaired) electrons. The van der Waals surface area contributed by atoms with Crippen molar-refractivity contribution in [2.75, 3.05) is 5.32 Å². The maximum Gasteiger partial charge on any atom is 0.0377 e. The number of benzene rings is 1. The van der Waals surface area contributed by atoms with E-state index in [1.165, 1.54) is 23.2 Å². The Bertz CT molecular complexity index is 423. The van der Waals surface area contributed by atoms with Crippen LogP contribution in [0.1, 0.15) is 69.9 Å². The molecule has 1 aromatic carbocycles. The quantitative estimate of drug-likeness (QED) is 0.850. The average molecular weight is 260 g/mol. The molecule has 19 heavy (non-hydrogen) atoms. The molecule has 1 aromatic rings. The van der Waals surface area contributed by atoms with E-state index in [-0.39, 0.29) is 0 Å². The van der Waals surface area contributed by atoms with Gasteiger partial charge in [0.15, 0.2) is 0 Å². The summed E-state index contributed by atoms with van der Waals surface area (Å²) in [7, 11) is 0. The van der Waals surface area contributed by atoms with Gasteiger partial charge in [-0.1, -0.05) is 39.8 Å². The molecule has 3 N–H and O–H groups in total. The number of anilines is 1. The summed E-state index contributed by atoms with van der Waals surface area (Å²) in [6.07, 6.45) is 3.45. The zero-order valence-electron chi connectivity index (χ0n) is 12.7. The van der Waals surface area contributed by atoms with Gasteiger partial charge in [-0.25, -0.2) is 0 Å². The van der Waals surface area contributed by atoms with E-state index >= 15 is 0 Å². The van der Waals surface area contributed by atoms with Crippen molar-refractivity contribution in [3.05, 3.63) is 29.3 Å². The molecule has 1 saturated carbocycles. The summed E-state index contributed by atoms with van der Waals surface area (Å²) < 4.78 is 0. The maximum atomic E-state index is 6.00. The molecule has 1 fully saturated rings. The molecule has 2 unspecified atom stereocenters. The van der Waals surface area contributed by atoms with Gasteiger partial charge in [0.25, 0.3) is 0 Å². The summed E-state index contributed by atoms with van der Waals surface area (Å²) in [5, 5.41) is 3.71. The van der Waals surface area contributed by atoms with Crippen molar-refractivity contribution >= 4 is 5.69 Å². The topological polar surface area (TPSA) is 38.0 Å². The van der Waals surface area contributed by atoms with Crippen LogP contribution in [0.25, 0.3) is 0 Å². The number of hydrogen-bond acceptors (Lipinski definition) is 2. The Morgan fingerprint density at radius 3 is 2.37 bits per heavy atom. The van der Waals surface area contributed by atoms with Crippen molar-refractivity contribution in [1.29, 1.82) is 0 Å². The van der Waals surface area contributed by atoms with Gasteiger partial charge in [-0.2, -0.15) is 0 Å². The molecule has 2 rings (SSSR count). The van der Waals surface area contributed by atoms with Crippen LogP contribution in [0.15, 0.2) is 18.2 Å². The van der Waals surface area contributed by atoms with Crippen molar-refractivity contribution in [3.8, 4) is 0 Å². The van der Waals surface area contributed by atoms with E-state index in [0.717, 1.165) is 12.8 Å². The van der Waals surface area contributed by atoms with Crippen LogP contribution in [0, 0.1) is 0 Å². The minimum atomic E-state index is 0.384. The summed E-state index contributed by atoms with van der Waals surface area (Å²) in [4.78, 5) is 0. The molecular weight excluding hydrogens is 232 g/mol. The molecule has 0 amide bonds. The van der Waals surface area contributed by atoms with Gasteiger partial charge in [-0.3, -0.25) is 0 Å². The molecule has 2 atom stereocenters. The zero-order valence-corrected chi connectivity index (χ0v) is 12.7. The monoisotopic (exact) mass is 260 g/mol. The summed E-state index contributed by atoms with van der Waals surface area (Å²) in [5.41, 5.74) is 10.2. The second-order valence-electron chi connectivity index (χ2n) is 6.57. The van der Waals surface area contributed by atoms with Crippen LogP contribution in [0.5, 0.6) is 0 Å². The van der Waals surface area contributed by atoms with Crippen LogP contribution in [0.2, 0.25) is 0 Å². The smallest absolute Gasteiger partial charge is 0.0377 e. The van der Waals surface area contributed by atoms with Gasteiger partial charge in [0, 0.05) is 17.8 Å². The van der Waals surface area contributed by atoms with Crippen LogP contribution < -0.4 is 11.1 Å². The van der Waals surface area contributed by atoms with Crippen LogP contribution >= 0.6 is 0 Å². The molecule has 0 bridgehead atoms. The van der Waals surface area contributed by atoms with Gasteiger partial charge in [0.1, 0.15) is 0 Å². The highest BCUT2D eigenvalue weighted by atomic mass is 14.9. The first-order chi connectivity index (χ1) is 8.97. The van der Waals surface area contributed by atoms with Gasteiger partial charge in [-0.05, 0) is 48.3 Å². The molecule has 0 spiro atoms. The van der Waals surface area contributed by atoms with Crippen LogP contribution in [0.4, 0.5) is 5.69 Å². The first-order valence-corrected chi connectivity index (χ1v) is 7.63.